The van der Waals surface area contributed by atoms with Crippen LogP contribution in [0.25, 0.3) is 0 Å². The molecular formula is C16H16ClFN4O3S. The third kappa shape index (κ3) is 3.16. The van der Waals surface area contributed by atoms with Gasteiger partial charge in [0.05, 0.1) is 35.4 Å². The Labute approximate surface area is 155 Å². The number of benzene rings is 1. The first-order chi connectivity index (χ1) is 12.4. The molecule has 0 N–H and O–H groups in total. The van der Waals surface area contributed by atoms with Crippen LogP contribution >= 0.6 is 11.6 Å². The number of sulfonamides is 1. The molecule has 7 nitrogen and oxygen atoms in total. The largest absolute Gasteiger partial charge is 0.378 e. The highest BCUT2D eigenvalue weighted by Crippen LogP contribution is 2.30. The predicted octanol–water partition coefficient (Wildman–Crippen LogP) is 1.81. The lowest BCUT2D eigenvalue weighted by Gasteiger charge is -2.26. The Bertz CT molecular complexity index is 951. The Hall–Kier alpha value is -1.81. The average Bonchev–Trinajstić information content (AvgIpc) is 3.09. The molecule has 10 heteroatoms. The van der Waals surface area contributed by atoms with E-state index in [1.54, 1.807) is 6.20 Å². The lowest BCUT2D eigenvalue weighted by Crippen LogP contribution is -2.37. The first-order valence-corrected chi connectivity index (χ1v) is 9.89. The Morgan fingerprint density at radius 3 is 2.69 bits per heavy atom. The number of anilines is 1. The number of rotatable bonds is 3. The number of fused-ring (bicyclic) bond motifs is 1. The zero-order chi connectivity index (χ0) is 18.3. The van der Waals surface area contributed by atoms with Crippen molar-refractivity contribution < 1.29 is 17.5 Å². The molecule has 0 amide bonds. The molecule has 2 aliphatic heterocycles. The fourth-order valence-electron chi connectivity index (χ4n) is 2.99. The van der Waals surface area contributed by atoms with E-state index in [9.17, 15) is 12.8 Å². The van der Waals surface area contributed by atoms with Crippen molar-refractivity contribution in [3.8, 4) is 0 Å². The highest BCUT2D eigenvalue weighted by atomic mass is 35.5. The van der Waals surface area contributed by atoms with Gasteiger partial charge in [-0.2, -0.15) is 4.31 Å². The lowest BCUT2D eigenvalue weighted by molar-refractivity contribution is 0.122. The van der Waals surface area contributed by atoms with E-state index in [0.29, 0.717) is 37.9 Å². The summed E-state index contributed by atoms with van der Waals surface area (Å²) in [5.74, 6) is -0.0764. The molecule has 0 spiro atoms. The molecule has 4 rings (SSSR count). The summed E-state index contributed by atoms with van der Waals surface area (Å²) in [7, 11) is -3.80. The molecule has 0 aliphatic carbocycles. The van der Waals surface area contributed by atoms with E-state index >= 15 is 0 Å². The fourth-order valence-corrected chi connectivity index (χ4v) is 4.64. The second-order valence-corrected chi connectivity index (χ2v) is 8.44. The van der Waals surface area contributed by atoms with Crippen LogP contribution in [0.3, 0.4) is 0 Å². The van der Waals surface area contributed by atoms with Gasteiger partial charge in [-0.3, -0.25) is 0 Å². The van der Waals surface area contributed by atoms with Crippen molar-refractivity contribution in [3.63, 3.8) is 0 Å². The summed E-state index contributed by atoms with van der Waals surface area (Å²) in [6.45, 7) is 2.96. The van der Waals surface area contributed by atoms with Crippen molar-refractivity contribution in [2.45, 2.75) is 18.0 Å². The standard InChI is InChI=1S/C16H16ClFN4O3S/c17-13-7-12(1-2-14(13)18)26(23,24)22-9-11-8-19-16(20-15(11)10-22)21-3-5-25-6-4-21/h1-2,7-8H,3-6,9-10H2. The zero-order valence-corrected chi connectivity index (χ0v) is 15.3. The Balaban J connectivity index is 1.58. The van der Waals surface area contributed by atoms with E-state index in [4.69, 9.17) is 16.3 Å². The number of nitrogens with zero attached hydrogens (tertiary/aromatic N) is 4. The SMILES string of the molecule is O=S(=O)(c1ccc(F)c(Cl)c1)N1Cc2cnc(N3CCOCC3)nc2C1. The van der Waals surface area contributed by atoms with Crippen molar-refractivity contribution in [2.75, 3.05) is 31.2 Å². The molecule has 138 valence electrons. The number of halogens is 2. The summed E-state index contributed by atoms with van der Waals surface area (Å²) in [4.78, 5) is 10.9. The summed E-state index contributed by atoms with van der Waals surface area (Å²) in [6.07, 6.45) is 1.67. The molecule has 1 fully saturated rings. The van der Waals surface area contributed by atoms with Gasteiger partial charge in [-0.05, 0) is 18.2 Å². The van der Waals surface area contributed by atoms with Crippen LogP contribution in [-0.2, 0) is 27.8 Å². The molecule has 0 unspecified atom stereocenters. The van der Waals surface area contributed by atoms with Crippen molar-refractivity contribution in [2.24, 2.45) is 0 Å². The van der Waals surface area contributed by atoms with Crippen molar-refractivity contribution in [1.82, 2.24) is 14.3 Å². The van der Waals surface area contributed by atoms with Crippen LogP contribution in [0.15, 0.2) is 29.3 Å². The first-order valence-electron chi connectivity index (χ1n) is 8.08. The minimum Gasteiger partial charge on any atom is -0.378 e. The van der Waals surface area contributed by atoms with E-state index < -0.39 is 15.8 Å². The Kier molecular flexibility index (Phi) is 4.55. The van der Waals surface area contributed by atoms with Gasteiger partial charge in [-0.25, -0.2) is 22.8 Å². The molecule has 3 heterocycles. The summed E-state index contributed by atoms with van der Waals surface area (Å²) >= 11 is 5.73. The lowest BCUT2D eigenvalue weighted by atomic mass is 10.3. The van der Waals surface area contributed by atoms with Crippen molar-refractivity contribution in [3.05, 3.63) is 46.5 Å². The van der Waals surface area contributed by atoms with Gasteiger partial charge in [0.25, 0.3) is 0 Å². The maximum Gasteiger partial charge on any atom is 0.243 e. The van der Waals surface area contributed by atoms with Crippen molar-refractivity contribution >= 4 is 27.6 Å². The van der Waals surface area contributed by atoms with E-state index in [1.807, 2.05) is 4.90 Å². The number of hydrogen-bond acceptors (Lipinski definition) is 6. The van der Waals surface area contributed by atoms with Gasteiger partial charge in [0.2, 0.25) is 16.0 Å². The van der Waals surface area contributed by atoms with Gasteiger partial charge in [0, 0.05) is 31.4 Å². The van der Waals surface area contributed by atoms with Crippen LogP contribution in [0, 0.1) is 5.82 Å². The molecule has 0 atom stereocenters. The van der Waals surface area contributed by atoms with Crippen LogP contribution < -0.4 is 4.90 Å². The molecule has 26 heavy (non-hydrogen) atoms. The van der Waals surface area contributed by atoms with Gasteiger partial charge >= 0.3 is 0 Å². The van der Waals surface area contributed by atoms with Crippen molar-refractivity contribution in [1.29, 1.82) is 0 Å². The third-order valence-electron chi connectivity index (χ3n) is 4.44. The van der Waals surface area contributed by atoms with Crippen LogP contribution in [0.5, 0.6) is 0 Å². The predicted molar refractivity (Wildman–Crippen MR) is 92.9 cm³/mol. The quantitative estimate of drug-likeness (QED) is 0.785. The van der Waals surface area contributed by atoms with Gasteiger partial charge < -0.3 is 9.64 Å². The Morgan fingerprint density at radius 2 is 1.96 bits per heavy atom. The average molecular weight is 399 g/mol. The molecule has 0 radical (unpaired) electrons. The number of aromatic nitrogens is 2. The van der Waals surface area contributed by atoms with Crippen LogP contribution in [0.2, 0.25) is 5.02 Å². The topological polar surface area (TPSA) is 75.6 Å². The molecule has 0 bridgehead atoms. The second kappa shape index (κ2) is 6.73. The summed E-state index contributed by atoms with van der Waals surface area (Å²) in [5.41, 5.74) is 1.44. The smallest absolute Gasteiger partial charge is 0.243 e. The highest BCUT2D eigenvalue weighted by molar-refractivity contribution is 7.89. The molecule has 1 aromatic heterocycles. The molecule has 2 aliphatic rings. The first kappa shape index (κ1) is 17.6. The molecular weight excluding hydrogens is 383 g/mol. The maximum absolute atomic E-state index is 13.3. The van der Waals surface area contributed by atoms with E-state index in [1.165, 1.54) is 10.4 Å². The Morgan fingerprint density at radius 1 is 1.19 bits per heavy atom. The summed E-state index contributed by atoms with van der Waals surface area (Å²) < 4.78 is 45.6. The van der Waals surface area contributed by atoms with Crippen LogP contribution in [-0.4, -0.2) is 49.0 Å². The van der Waals surface area contributed by atoms with E-state index in [0.717, 1.165) is 17.7 Å². The van der Waals surface area contributed by atoms with Gasteiger partial charge in [0.1, 0.15) is 5.82 Å². The highest BCUT2D eigenvalue weighted by Gasteiger charge is 2.32. The second-order valence-electron chi connectivity index (χ2n) is 6.09. The molecule has 1 saturated heterocycles. The van der Waals surface area contributed by atoms with Gasteiger partial charge in [-0.1, -0.05) is 11.6 Å². The van der Waals surface area contributed by atoms with E-state index in [2.05, 4.69) is 9.97 Å². The number of morpholine rings is 1. The van der Waals surface area contributed by atoms with Crippen LogP contribution in [0.1, 0.15) is 11.3 Å². The molecule has 2 aromatic rings. The number of hydrogen-bond donors (Lipinski definition) is 0. The zero-order valence-electron chi connectivity index (χ0n) is 13.7. The van der Waals surface area contributed by atoms with Crippen LogP contribution in [0.4, 0.5) is 10.3 Å². The summed E-state index contributed by atoms with van der Waals surface area (Å²) in [6, 6.07) is 3.39. The van der Waals surface area contributed by atoms with Gasteiger partial charge in [0.15, 0.2) is 0 Å². The molecule has 0 saturated carbocycles. The number of ether oxygens (including phenoxy) is 1. The third-order valence-corrected chi connectivity index (χ3v) is 6.51. The normalized spacial score (nSPS) is 18.2. The monoisotopic (exact) mass is 398 g/mol. The summed E-state index contributed by atoms with van der Waals surface area (Å²) in [5, 5.41) is -0.225. The minimum absolute atomic E-state index is 0.0435. The van der Waals surface area contributed by atoms with Gasteiger partial charge in [-0.15, -0.1) is 0 Å². The maximum atomic E-state index is 13.3. The minimum atomic E-state index is -3.80. The fraction of sp³-hybridized carbons (Fsp3) is 0.375. The molecule has 1 aromatic carbocycles. The van der Waals surface area contributed by atoms with E-state index in [-0.39, 0.29) is 23.0 Å².